The minimum Gasteiger partial charge on any atom is -0.437 e. The van der Waals surface area contributed by atoms with Crippen LogP contribution in [0.5, 0.6) is 0 Å². The van der Waals surface area contributed by atoms with E-state index in [0.29, 0.717) is 11.5 Å². The van der Waals surface area contributed by atoms with E-state index < -0.39 is 0 Å². The third kappa shape index (κ3) is 2.17. The van der Waals surface area contributed by atoms with Crippen molar-refractivity contribution < 1.29 is 4.42 Å². The number of nitrogen functional groups attached to an aromatic ring is 1. The molecule has 2 heterocycles. The number of pyridine rings is 1. The summed E-state index contributed by atoms with van der Waals surface area (Å²) in [7, 11) is 0. The van der Waals surface area contributed by atoms with Crippen molar-refractivity contribution in [2.24, 2.45) is 0 Å². The van der Waals surface area contributed by atoms with Crippen LogP contribution in [0.25, 0.3) is 11.0 Å². The van der Waals surface area contributed by atoms with Crippen molar-refractivity contribution in [3.8, 4) is 0 Å². The van der Waals surface area contributed by atoms with Gasteiger partial charge >= 0.3 is 0 Å². The number of fused-ring (bicyclic) bond motifs is 1. The molecule has 96 valence electrons. The Labute approximate surface area is 118 Å². The number of aryl methyl sites for hydroxylation is 1. The van der Waals surface area contributed by atoms with E-state index in [2.05, 4.69) is 26.2 Å². The maximum atomic E-state index is 5.90. The molecule has 0 aliphatic carbocycles. The normalized spacial score (nSPS) is 10.8. The van der Waals surface area contributed by atoms with Crippen LogP contribution in [0.2, 0.25) is 0 Å². The Bertz CT molecular complexity index is 752. The van der Waals surface area contributed by atoms with Gasteiger partial charge in [0.1, 0.15) is 5.69 Å². The van der Waals surface area contributed by atoms with E-state index in [1.165, 1.54) is 5.56 Å². The largest absolute Gasteiger partial charge is 0.437 e. The number of furan rings is 1. The fraction of sp³-hybridized carbons (Fsp3) is 0.0714. The van der Waals surface area contributed by atoms with Gasteiger partial charge in [-0.25, -0.2) is 0 Å². The van der Waals surface area contributed by atoms with Gasteiger partial charge in [0.15, 0.2) is 5.58 Å². The molecular weight excluding hydrogens is 306 g/mol. The quantitative estimate of drug-likeness (QED) is 0.742. The Hall–Kier alpha value is -2.01. The van der Waals surface area contributed by atoms with E-state index in [9.17, 15) is 0 Å². The number of hydrogen-bond acceptors (Lipinski definition) is 4. The zero-order valence-electron chi connectivity index (χ0n) is 10.3. The molecular formula is C14H12BrN3O. The van der Waals surface area contributed by atoms with Crippen LogP contribution in [0.3, 0.4) is 0 Å². The van der Waals surface area contributed by atoms with Crippen LogP contribution in [0.15, 0.2) is 45.5 Å². The molecule has 0 spiro atoms. The van der Waals surface area contributed by atoms with Gasteiger partial charge in [0, 0.05) is 21.7 Å². The van der Waals surface area contributed by atoms with Crippen LogP contribution >= 0.6 is 15.9 Å². The van der Waals surface area contributed by atoms with Crippen molar-refractivity contribution in [1.29, 1.82) is 0 Å². The number of anilines is 3. The second-order valence-corrected chi connectivity index (χ2v) is 5.16. The standard InChI is InChI=1S/C14H12BrN3O/c1-8-2-3-9(6-11(8)15)18-13-10-4-5-17-7-12(10)19-14(13)16/h2-7,18H,16H2,1H3. The van der Waals surface area contributed by atoms with E-state index in [0.717, 1.165) is 21.2 Å². The highest BCUT2D eigenvalue weighted by Crippen LogP contribution is 2.35. The topological polar surface area (TPSA) is 64.1 Å². The first-order chi connectivity index (χ1) is 9.15. The summed E-state index contributed by atoms with van der Waals surface area (Å²) >= 11 is 3.51. The molecule has 0 amide bonds. The highest BCUT2D eigenvalue weighted by Gasteiger charge is 2.11. The molecule has 0 radical (unpaired) electrons. The van der Waals surface area contributed by atoms with Crippen LogP contribution in [0.1, 0.15) is 5.56 Å². The molecule has 5 heteroatoms. The van der Waals surface area contributed by atoms with Crippen molar-refractivity contribution in [3.05, 3.63) is 46.7 Å². The van der Waals surface area contributed by atoms with E-state index in [1.807, 2.05) is 31.2 Å². The zero-order chi connectivity index (χ0) is 13.4. The maximum Gasteiger partial charge on any atom is 0.215 e. The molecule has 0 saturated heterocycles. The van der Waals surface area contributed by atoms with Crippen LogP contribution in [-0.4, -0.2) is 4.98 Å². The SMILES string of the molecule is Cc1ccc(Nc2c(N)oc3cnccc23)cc1Br. The van der Waals surface area contributed by atoms with Crippen LogP contribution in [0.4, 0.5) is 17.3 Å². The molecule has 0 unspecified atom stereocenters. The van der Waals surface area contributed by atoms with E-state index >= 15 is 0 Å². The molecule has 0 aliphatic heterocycles. The number of rotatable bonds is 2. The lowest BCUT2D eigenvalue weighted by Gasteiger charge is -2.07. The number of nitrogens with zero attached hydrogens (tertiary/aromatic N) is 1. The molecule has 0 saturated carbocycles. The lowest BCUT2D eigenvalue weighted by molar-refractivity contribution is 0.636. The number of benzene rings is 1. The molecule has 3 aromatic rings. The molecule has 2 aromatic heterocycles. The number of nitrogens with one attached hydrogen (secondary N) is 1. The lowest BCUT2D eigenvalue weighted by atomic mass is 10.2. The predicted molar refractivity (Wildman–Crippen MR) is 80.6 cm³/mol. The van der Waals surface area contributed by atoms with Crippen molar-refractivity contribution in [2.45, 2.75) is 6.92 Å². The van der Waals surface area contributed by atoms with Crippen molar-refractivity contribution in [1.82, 2.24) is 4.98 Å². The van der Waals surface area contributed by atoms with Crippen molar-refractivity contribution in [2.75, 3.05) is 11.1 Å². The van der Waals surface area contributed by atoms with Crippen LogP contribution in [-0.2, 0) is 0 Å². The Kier molecular flexibility index (Phi) is 2.91. The maximum absolute atomic E-state index is 5.90. The fourth-order valence-corrected chi connectivity index (χ4v) is 2.29. The highest BCUT2D eigenvalue weighted by molar-refractivity contribution is 9.10. The number of halogens is 1. The first kappa shape index (κ1) is 12.0. The highest BCUT2D eigenvalue weighted by atomic mass is 79.9. The summed E-state index contributed by atoms with van der Waals surface area (Å²) in [4.78, 5) is 4.02. The van der Waals surface area contributed by atoms with Gasteiger partial charge in [0.25, 0.3) is 0 Å². The van der Waals surface area contributed by atoms with Gasteiger partial charge in [-0.1, -0.05) is 22.0 Å². The summed E-state index contributed by atoms with van der Waals surface area (Å²) in [5, 5.41) is 4.21. The van der Waals surface area contributed by atoms with Gasteiger partial charge in [0.05, 0.1) is 6.20 Å². The predicted octanol–water partition coefficient (Wildman–Crippen LogP) is 4.22. The molecule has 0 bridgehead atoms. The molecule has 3 rings (SSSR count). The Morgan fingerprint density at radius 2 is 2.16 bits per heavy atom. The molecule has 1 aromatic carbocycles. The average molecular weight is 318 g/mol. The molecule has 0 fully saturated rings. The first-order valence-corrected chi connectivity index (χ1v) is 6.59. The number of aromatic nitrogens is 1. The Morgan fingerprint density at radius 1 is 1.32 bits per heavy atom. The summed E-state index contributed by atoms with van der Waals surface area (Å²) in [5.41, 5.74) is 9.47. The van der Waals surface area contributed by atoms with E-state index in [4.69, 9.17) is 10.2 Å². The molecule has 0 aliphatic rings. The van der Waals surface area contributed by atoms with Gasteiger partial charge in [0.2, 0.25) is 5.88 Å². The smallest absolute Gasteiger partial charge is 0.215 e. The van der Waals surface area contributed by atoms with Crippen LogP contribution < -0.4 is 11.1 Å². The van der Waals surface area contributed by atoms with Crippen molar-refractivity contribution >= 4 is 44.2 Å². The van der Waals surface area contributed by atoms with Gasteiger partial charge in [-0.15, -0.1) is 0 Å². The summed E-state index contributed by atoms with van der Waals surface area (Å²) < 4.78 is 6.51. The first-order valence-electron chi connectivity index (χ1n) is 5.80. The van der Waals surface area contributed by atoms with Gasteiger partial charge < -0.3 is 15.5 Å². The lowest BCUT2D eigenvalue weighted by Crippen LogP contribution is -1.93. The summed E-state index contributed by atoms with van der Waals surface area (Å²) in [6.07, 6.45) is 3.37. The minimum absolute atomic E-state index is 0.361. The minimum atomic E-state index is 0.361. The molecule has 19 heavy (non-hydrogen) atoms. The monoisotopic (exact) mass is 317 g/mol. The summed E-state index contributed by atoms with van der Waals surface area (Å²) in [5.74, 6) is 0.361. The summed E-state index contributed by atoms with van der Waals surface area (Å²) in [6.45, 7) is 2.04. The van der Waals surface area contributed by atoms with Gasteiger partial charge in [-0.3, -0.25) is 4.98 Å². The molecule has 0 atom stereocenters. The second kappa shape index (κ2) is 4.59. The van der Waals surface area contributed by atoms with Crippen molar-refractivity contribution in [3.63, 3.8) is 0 Å². The molecule has 4 nitrogen and oxygen atoms in total. The number of nitrogens with two attached hydrogens (primary N) is 1. The third-order valence-corrected chi connectivity index (χ3v) is 3.82. The van der Waals surface area contributed by atoms with Crippen LogP contribution in [0, 0.1) is 6.92 Å². The Balaban J connectivity index is 2.05. The van der Waals surface area contributed by atoms with E-state index in [-0.39, 0.29) is 0 Å². The zero-order valence-corrected chi connectivity index (χ0v) is 11.9. The van der Waals surface area contributed by atoms with Gasteiger partial charge in [-0.2, -0.15) is 0 Å². The number of hydrogen-bond donors (Lipinski definition) is 2. The average Bonchev–Trinajstić information content (AvgIpc) is 2.71. The summed E-state index contributed by atoms with van der Waals surface area (Å²) in [6, 6.07) is 7.92. The fourth-order valence-electron chi connectivity index (χ4n) is 1.91. The molecule has 3 N–H and O–H groups in total. The second-order valence-electron chi connectivity index (χ2n) is 4.30. The van der Waals surface area contributed by atoms with E-state index in [1.54, 1.807) is 12.4 Å². The van der Waals surface area contributed by atoms with Gasteiger partial charge in [-0.05, 0) is 30.7 Å². The Morgan fingerprint density at radius 3 is 2.95 bits per heavy atom. The third-order valence-electron chi connectivity index (χ3n) is 2.96.